The zero-order chi connectivity index (χ0) is 12.1. The molecule has 2 N–H and O–H groups in total. The van der Waals surface area contributed by atoms with Gasteiger partial charge in [-0.2, -0.15) is 0 Å². The van der Waals surface area contributed by atoms with E-state index in [1.807, 2.05) is 0 Å². The number of nitrogens with two attached hydrogens (primary N) is 1. The van der Waals surface area contributed by atoms with Gasteiger partial charge in [0, 0.05) is 19.1 Å². The van der Waals surface area contributed by atoms with Crippen LogP contribution in [0.4, 0.5) is 0 Å². The summed E-state index contributed by atoms with van der Waals surface area (Å²) in [4.78, 5) is 4.75. The van der Waals surface area contributed by atoms with Crippen LogP contribution in [-0.4, -0.2) is 56.1 Å². The summed E-state index contributed by atoms with van der Waals surface area (Å²) in [5, 5.41) is 0. The van der Waals surface area contributed by atoms with Crippen molar-refractivity contribution < 1.29 is 0 Å². The van der Waals surface area contributed by atoms with Gasteiger partial charge in [0.05, 0.1) is 0 Å². The summed E-state index contributed by atoms with van der Waals surface area (Å²) in [6, 6.07) is 0.593. The highest BCUT2D eigenvalue weighted by molar-refractivity contribution is 4.78. The molecule has 0 spiro atoms. The van der Waals surface area contributed by atoms with Crippen molar-refractivity contribution >= 4 is 0 Å². The van der Waals surface area contributed by atoms with Gasteiger partial charge >= 0.3 is 0 Å². The Balaban J connectivity index is 4.23. The number of hydrogen-bond acceptors (Lipinski definition) is 3. The van der Waals surface area contributed by atoms with Crippen LogP contribution in [0.1, 0.15) is 27.7 Å². The fourth-order valence-corrected chi connectivity index (χ4v) is 1.84. The Kier molecular flexibility index (Phi) is 6.41. The zero-order valence-electron chi connectivity index (χ0n) is 11.4. The lowest BCUT2D eigenvalue weighted by Gasteiger charge is -2.36. The summed E-state index contributed by atoms with van der Waals surface area (Å²) in [5.74, 6) is 0. The van der Waals surface area contributed by atoms with Gasteiger partial charge in [-0.3, -0.25) is 4.90 Å². The normalized spacial score (nSPS) is 15.0. The van der Waals surface area contributed by atoms with Gasteiger partial charge in [-0.1, -0.05) is 20.8 Å². The second kappa shape index (κ2) is 6.46. The van der Waals surface area contributed by atoms with E-state index >= 15 is 0 Å². The lowest BCUT2D eigenvalue weighted by molar-refractivity contribution is 0.127. The first-order chi connectivity index (χ1) is 6.82. The van der Waals surface area contributed by atoms with E-state index in [1.54, 1.807) is 0 Å². The summed E-state index contributed by atoms with van der Waals surface area (Å²) in [7, 11) is 4.25. The number of hydrogen-bond donors (Lipinski definition) is 1. The Bertz CT molecular complexity index is 166. The molecule has 3 nitrogen and oxygen atoms in total. The highest BCUT2D eigenvalue weighted by Gasteiger charge is 2.22. The van der Waals surface area contributed by atoms with Gasteiger partial charge in [-0.15, -0.1) is 0 Å². The molecule has 1 atom stereocenters. The molecular formula is C12H29N3. The first-order valence-corrected chi connectivity index (χ1v) is 5.91. The third-order valence-corrected chi connectivity index (χ3v) is 2.84. The number of rotatable bonds is 7. The second-order valence-electron chi connectivity index (χ2n) is 5.54. The fraction of sp³-hybridized carbons (Fsp3) is 1.00. The third-order valence-electron chi connectivity index (χ3n) is 2.84. The smallest absolute Gasteiger partial charge is 0.0194 e. The molecule has 0 fully saturated rings. The monoisotopic (exact) mass is 215 g/mol. The molecule has 0 radical (unpaired) electrons. The average molecular weight is 215 g/mol. The van der Waals surface area contributed by atoms with Crippen molar-refractivity contribution in [1.82, 2.24) is 9.80 Å². The molecule has 0 bridgehead atoms. The molecule has 0 saturated heterocycles. The van der Waals surface area contributed by atoms with Crippen molar-refractivity contribution in [1.29, 1.82) is 0 Å². The summed E-state index contributed by atoms with van der Waals surface area (Å²) in [6.45, 7) is 13.0. The van der Waals surface area contributed by atoms with E-state index in [0.717, 1.165) is 26.2 Å². The molecule has 0 amide bonds. The number of nitrogens with zero attached hydrogens (tertiary/aromatic N) is 2. The van der Waals surface area contributed by atoms with Gasteiger partial charge in [0.2, 0.25) is 0 Å². The van der Waals surface area contributed by atoms with E-state index in [1.165, 1.54) is 0 Å². The predicted molar refractivity (Wildman–Crippen MR) is 68.1 cm³/mol. The standard InChI is InChI=1S/C12H29N3/c1-7-15(10-12(3,4)9-13)11(2)8-14(5)6/h11H,7-10,13H2,1-6H3. The van der Waals surface area contributed by atoms with Crippen molar-refractivity contribution in [3.63, 3.8) is 0 Å². The molecule has 0 saturated carbocycles. The van der Waals surface area contributed by atoms with Crippen LogP contribution in [0.15, 0.2) is 0 Å². The molecular weight excluding hydrogens is 186 g/mol. The number of likely N-dealkylation sites (N-methyl/N-ethyl adjacent to an activating group) is 2. The minimum atomic E-state index is 0.219. The molecule has 15 heavy (non-hydrogen) atoms. The van der Waals surface area contributed by atoms with E-state index in [2.05, 4.69) is 51.6 Å². The van der Waals surface area contributed by atoms with E-state index in [4.69, 9.17) is 5.73 Å². The molecule has 0 aromatic rings. The van der Waals surface area contributed by atoms with Gasteiger partial charge in [0.25, 0.3) is 0 Å². The van der Waals surface area contributed by atoms with Crippen LogP contribution in [0.3, 0.4) is 0 Å². The Morgan fingerprint density at radius 2 is 1.80 bits per heavy atom. The first kappa shape index (κ1) is 14.9. The Labute approximate surface area is 95.6 Å². The average Bonchev–Trinajstić information content (AvgIpc) is 2.13. The molecule has 0 rings (SSSR count). The summed E-state index contributed by atoms with van der Waals surface area (Å²) >= 11 is 0. The molecule has 0 aromatic carbocycles. The maximum Gasteiger partial charge on any atom is 0.0194 e. The SMILES string of the molecule is CCN(CC(C)(C)CN)C(C)CN(C)C. The Hall–Kier alpha value is -0.120. The van der Waals surface area contributed by atoms with Crippen molar-refractivity contribution in [3.8, 4) is 0 Å². The molecule has 0 heterocycles. The lowest BCUT2D eigenvalue weighted by Crippen LogP contribution is -2.46. The molecule has 92 valence electrons. The minimum Gasteiger partial charge on any atom is -0.330 e. The highest BCUT2D eigenvalue weighted by Crippen LogP contribution is 2.16. The van der Waals surface area contributed by atoms with Crippen molar-refractivity contribution in [2.75, 3.05) is 40.3 Å². The Morgan fingerprint density at radius 3 is 2.13 bits per heavy atom. The minimum absolute atomic E-state index is 0.219. The molecule has 1 unspecified atom stereocenters. The highest BCUT2D eigenvalue weighted by atomic mass is 15.2. The zero-order valence-corrected chi connectivity index (χ0v) is 11.4. The van der Waals surface area contributed by atoms with E-state index in [9.17, 15) is 0 Å². The van der Waals surface area contributed by atoms with Crippen molar-refractivity contribution in [2.24, 2.45) is 11.1 Å². The molecule has 0 aromatic heterocycles. The van der Waals surface area contributed by atoms with Gasteiger partial charge in [-0.25, -0.2) is 0 Å². The lowest BCUT2D eigenvalue weighted by atomic mass is 9.92. The van der Waals surface area contributed by atoms with Gasteiger partial charge in [0.1, 0.15) is 0 Å². The molecule has 3 heteroatoms. The summed E-state index contributed by atoms with van der Waals surface area (Å²) in [5.41, 5.74) is 5.99. The largest absolute Gasteiger partial charge is 0.330 e. The maximum atomic E-state index is 5.77. The summed E-state index contributed by atoms with van der Waals surface area (Å²) in [6.07, 6.45) is 0. The van der Waals surface area contributed by atoms with Crippen LogP contribution >= 0.6 is 0 Å². The Morgan fingerprint density at radius 1 is 1.27 bits per heavy atom. The quantitative estimate of drug-likeness (QED) is 0.693. The van der Waals surface area contributed by atoms with E-state index in [-0.39, 0.29) is 5.41 Å². The van der Waals surface area contributed by atoms with Crippen molar-refractivity contribution in [2.45, 2.75) is 33.7 Å². The van der Waals surface area contributed by atoms with Crippen molar-refractivity contribution in [3.05, 3.63) is 0 Å². The van der Waals surface area contributed by atoms with Gasteiger partial charge in [-0.05, 0) is 39.5 Å². The molecule has 0 aliphatic heterocycles. The second-order valence-corrected chi connectivity index (χ2v) is 5.54. The molecule has 0 aliphatic carbocycles. The van der Waals surface area contributed by atoms with Crippen LogP contribution < -0.4 is 5.73 Å². The maximum absolute atomic E-state index is 5.77. The topological polar surface area (TPSA) is 32.5 Å². The van der Waals surface area contributed by atoms with Gasteiger partial charge in [0.15, 0.2) is 0 Å². The van der Waals surface area contributed by atoms with Crippen LogP contribution in [-0.2, 0) is 0 Å². The van der Waals surface area contributed by atoms with Crippen LogP contribution in [0.2, 0.25) is 0 Å². The third kappa shape index (κ3) is 6.13. The summed E-state index contributed by atoms with van der Waals surface area (Å²) < 4.78 is 0. The molecule has 0 aliphatic rings. The van der Waals surface area contributed by atoms with Crippen LogP contribution in [0.25, 0.3) is 0 Å². The first-order valence-electron chi connectivity index (χ1n) is 5.91. The predicted octanol–water partition coefficient (Wildman–Crippen LogP) is 1.24. The van der Waals surface area contributed by atoms with Crippen LogP contribution in [0, 0.1) is 5.41 Å². The van der Waals surface area contributed by atoms with Gasteiger partial charge < -0.3 is 10.6 Å². The van der Waals surface area contributed by atoms with E-state index < -0.39 is 0 Å². The van der Waals surface area contributed by atoms with Crippen LogP contribution in [0.5, 0.6) is 0 Å². The van der Waals surface area contributed by atoms with E-state index in [0.29, 0.717) is 6.04 Å². The fourth-order valence-electron chi connectivity index (χ4n) is 1.84.